The van der Waals surface area contributed by atoms with Gasteiger partial charge < -0.3 is 14.8 Å². The van der Waals surface area contributed by atoms with Gasteiger partial charge in [0.2, 0.25) is 0 Å². The van der Waals surface area contributed by atoms with Crippen molar-refractivity contribution in [2.45, 2.75) is 13.8 Å². The van der Waals surface area contributed by atoms with Crippen LogP contribution in [0.15, 0.2) is 95.7 Å². The highest BCUT2D eigenvalue weighted by molar-refractivity contribution is 6.33. The molecule has 4 rings (SSSR count). The summed E-state index contributed by atoms with van der Waals surface area (Å²) in [4.78, 5) is 39.9. The first-order valence-corrected chi connectivity index (χ1v) is 12.0. The maximum Gasteiger partial charge on any atom is 0.340 e. The fourth-order valence-electron chi connectivity index (χ4n) is 3.89. The topological polar surface area (TPSA) is 84.9 Å². The van der Waals surface area contributed by atoms with Crippen molar-refractivity contribution in [3.05, 3.63) is 106 Å². The Balaban J connectivity index is 1.51. The summed E-state index contributed by atoms with van der Waals surface area (Å²) in [5.74, 6) is -0.750. The van der Waals surface area contributed by atoms with Crippen LogP contribution in [-0.4, -0.2) is 31.0 Å². The minimum atomic E-state index is -0.553. The third-order valence-electron chi connectivity index (χ3n) is 5.60. The van der Waals surface area contributed by atoms with Crippen LogP contribution in [0.5, 0.6) is 5.75 Å². The number of carbonyl (C=O) groups is 3. The van der Waals surface area contributed by atoms with Gasteiger partial charge in [-0.3, -0.25) is 14.5 Å². The summed E-state index contributed by atoms with van der Waals surface area (Å²) in [7, 11) is 0. The molecule has 0 spiro atoms. The van der Waals surface area contributed by atoms with Crippen LogP contribution in [0.3, 0.4) is 0 Å². The Morgan fingerprint density at radius 3 is 2.32 bits per heavy atom. The number of hydrogen-bond acceptors (Lipinski definition) is 5. The molecule has 8 heteroatoms. The van der Waals surface area contributed by atoms with Crippen LogP contribution in [0.25, 0.3) is 6.08 Å². The smallest absolute Gasteiger partial charge is 0.340 e. The first-order chi connectivity index (χ1) is 17.9. The molecule has 0 fully saturated rings. The van der Waals surface area contributed by atoms with Gasteiger partial charge in [0.1, 0.15) is 5.75 Å². The predicted molar refractivity (Wildman–Crippen MR) is 143 cm³/mol. The van der Waals surface area contributed by atoms with Crippen molar-refractivity contribution >= 4 is 46.8 Å². The monoisotopic (exact) mass is 516 g/mol. The highest BCUT2D eigenvalue weighted by atomic mass is 35.5. The first-order valence-electron chi connectivity index (χ1n) is 11.7. The maximum absolute atomic E-state index is 13.4. The van der Waals surface area contributed by atoms with Crippen molar-refractivity contribution < 1.29 is 23.9 Å². The summed E-state index contributed by atoms with van der Waals surface area (Å²) in [6, 6.07) is 22.9. The lowest BCUT2D eigenvalue weighted by Gasteiger charge is -2.17. The van der Waals surface area contributed by atoms with Crippen LogP contribution < -0.4 is 15.0 Å². The molecule has 37 heavy (non-hydrogen) atoms. The molecule has 3 aromatic carbocycles. The molecule has 0 bridgehead atoms. The van der Waals surface area contributed by atoms with Gasteiger partial charge in [-0.1, -0.05) is 54.1 Å². The number of hydrogen-bond donors (Lipinski definition) is 1. The van der Waals surface area contributed by atoms with E-state index in [-0.39, 0.29) is 36.2 Å². The lowest BCUT2D eigenvalue weighted by molar-refractivity contribution is -0.138. The number of rotatable bonds is 8. The van der Waals surface area contributed by atoms with E-state index in [2.05, 4.69) is 5.32 Å². The number of halogens is 1. The molecule has 188 valence electrons. The third-order valence-corrected chi connectivity index (χ3v) is 5.93. The fourth-order valence-corrected chi connectivity index (χ4v) is 4.08. The molecule has 0 saturated carbocycles. The second-order valence-electron chi connectivity index (χ2n) is 8.10. The van der Waals surface area contributed by atoms with Crippen LogP contribution in [-0.2, 0) is 19.1 Å². The van der Waals surface area contributed by atoms with Gasteiger partial charge in [0.15, 0.2) is 6.61 Å². The molecular weight excluding hydrogens is 492 g/mol. The molecule has 3 aromatic rings. The highest BCUT2D eigenvalue weighted by Crippen LogP contribution is 2.35. The maximum atomic E-state index is 13.4. The molecule has 0 radical (unpaired) electrons. The van der Waals surface area contributed by atoms with Gasteiger partial charge in [-0.05, 0) is 61.9 Å². The van der Waals surface area contributed by atoms with Gasteiger partial charge in [0.05, 0.1) is 28.5 Å². The molecule has 1 N–H and O–H groups in total. The van der Waals surface area contributed by atoms with Gasteiger partial charge in [-0.2, -0.15) is 0 Å². The van der Waals surface area contributed by atoms with Crippen LogP contribution in [0.1, 0.15) is 19.4 Å². The number of nitrogens with zero attached hydrogens (tertiary/aromatic N) is 1. The largest absolute Gasteiger partial charge is 0.484 e. The Labute approximate surface area is 219 Å². The molecule has 7 nitrogen and oxygen atoms in total. The van der Waals surface area contributed by atoms with E-state index in [1.807, 2.05) is 18.2 Å². The Morgan fingerprint density at radius 2 is 1.65 bits per heavy atom. The minimum absolute atomic E-state index is 0.193. The first kappa shape index (κ1) is 25.7. The van der Waals surface area contributed by atoms with E-state index >= 15 is 0 Å². The second-order valence-corrected chi connectivity index (χ2v) is 8.51. The number of ether oxygens (including phenoxy) is 2. The number of para-hydroxylation sites is 2. The van der Waals surface area contributed by atoms with Crippen molar-refractivity contribution in [3.63, 3.8) is 0 Å². The average Bonchev–Trinajstić information content (AvgIpc) is 3.14. The second kappa shape index (κ2) is 11.6. The number of esters is 1. The van der Waals surface area contributed by atoms with E-state index in [9.17, 15) is 14.4 Å². The van der Waals surface area contributed by atoms with Gasteiger partial charge in [0.25, 0.3) is 11.8 Å². The highest BCUT2D eigenvalue weighted by Gasteiger charge is 2.38. The van der Waals surface area contributed by atoms with Gasteiger partial charge in [-0.15, -0.1) is 0 Å². The third kappa shape index (κ3) is 5.90. The zero-order valence-electron chi connectivity index (χ0n) is 20.4. The number of carbonyl (C=O) groups excluding carboxylic acids is 3. The molecule has 1 aliphatic heterocycles. The lowest BCUT2D eigenvalue weighted by atomic mass is 10.0. The van der Waals surface area contributed by atoms with Crippen LogP contribution in [0, 0.1) is 0 Å². The van der Waals surface area contributed by atoms with Crippen LogP contribution in [0.4, 0.5) is 11.4 Å². The summed E-state index contributed by atoms with van der Waals surface area (Å²) >= 11 is 6.06. The zero-order chi connectivity index (χ0) is 26.4. The summed E-state index contributed by atoms with van der Waals surface area (Å²) in [6.07, 6.45) is 1.65. The zero-order valence-corrected chi connectivity index (χ0v) is 21.1. The van der Waals surface area contributed by atoms with E-state index in [1.165, 1.54) is 4.90 Å². The summed E-state index contributed by atoms with van der Waals surface area (Å²) in [5, 5.41) is 3.13. The quantitative estimate of drug-likeness (QED) is 0.310. The molecular formula is C29H25ClN2O5. The molecule has 0 unspecified atom stereocenters. The number of benzene rings is 3. The van der Waals surface area contributed by atoms with E-state index in [1.54, 1.807) is 80.6 Å². The standard InChI is InChI=1S/C29H25ClN2O5/c1-3-36-29(35)27-19(2)32(21-9-5-4-6-10-21)28(34)23(27)17-20-13-15-22(16-14-20)37-18-26(33)31-25-12-8-7-11-24(25)30/h4-17H,3,18H2,1-2H3,(H,31,33)/b23-17-. The van der Waals surface area contributed by atoms with Crippen molar-refractivity contribution in [3.8, 4) is 5.75 Å². The van der Waals surface area contributed by atoms with Gasteiger partial charge in [-0.25, -0.2) is 4.79 Å². The van der Waals surface area contributed by atoms with Gasteiger partial charge >= 0.3 is 5.97 Å². The Morgan fingerprint density at radius 1 is 0.973 bits per heavy atom. The summed E-state index contributed by atoms with van der Waals surface area (Å²) in [6.45, 7) is 3.43. The summed E-state index contributed by atoms with van der Waals surface area (Å²) in [5.41, 5.74) is 2.83. The molecule has 0 aliphatic carbocycles. The number of allylic oxidation sites excluding steroid dienone is 1. The molecule has 0 aromatic heterocycles. The lowest BCUT2D eigenvalue weighted by Crippen LogP contribution is -2.24. The molecule has 2 amide bonds. The molecule has 1 heterocycles. The Bertz CT molecular complexity index is 1380. The number of amides is 2. The van der Waals surface area contributed by atoms with E-state index in [0.29, 0.717) is 33.4 Å². The van der Waals surface area contributed by atoms with Crippen molar-refractivity contribution in [1.82, 2.24) is 0 Å². The Hall–Kier alpha value is -4.36. The van der Waals surface area contributed by atoms with E-state index in [0.717, 1.165) is 0 Å². The molecule has 0 saturated heterocycles. The SMILES string of the molecule is CCOC(=O)C1=C(C)N(c2ccccc2)C(=O)/C1=C\c1ccc(OCC(=O)Nc2ccccc2Cl)cc1. The minimum Gasteiger partial charge on any atom is -0.484 e. The Kier molecular flexibility index (Phi) is 8.05. The van der Waals surface area contributed by atoms with Crippen LogP contribution >= 0.6 is 11.6 Å². The van der Waals surface area contributed by atoms with E-state index in [4.69, 9.17) is 21.1 Å². The van der Waals surface area contributed by atoms with E-state index < -0.39 is 5.97 Å². The number of nitrogens with one attached hydrogen (secondary N) is 1. The normalized spacial score (nSPS) is 14.2. The van der Waals surface area contributed by atoms with Crippen molar-refractivity contribution in [2.24, 2.45) is 0 Å². The predicted octanol–water partition coefficient (Wildman–Crippen LogP) is 5.62. The molecule has 1 aliphatic rings. The number of anilines is 2. The van der Waals surface area contributed by atoms with Crippen molar-refractivity contribution in [1.29, 1.82) is 0 Å². The average molecular weight is 517 g/mol. The fraction of sp³-hybridized carbons (Fsp3) is 0.138. The van der Waals surface area contributed by atoms with Gasteiger partial charge in [0, 0.05) is 11.4 Å². The van der Waals surface area contributed by atoms with Crippen molar-refractivity contribution in [2.75, 3.05) is 23.4 Å². The molecule has 0 atom stereocenters. The van der Waals surface area contributed by atoms with Crippen LogP contribution in [0.2, 0.25) is 5.02 Å². The summed E-state index contributed by atoms with van der Waals surface area (Å²) < 4.78 is 10.8.